The number of rotatable bonds is 12. The van der Waals surface area contributed by atoms with Gasteiger partial charge in [0.05, 0.1) is 12.2 Å². The molecule has 0 bridgehead atoms. The Bertz CT molecular complexity index is 890. The third-order valence-corrected chi connectivity index (χ3v) is 18.3. The summed E-state index contributed by atoms with van der Waals surface area (Å²) in [5.41, 5.74) is 2.47. The first-order chi connectivity index (χ1) is 16.9. The molecule has 1 saturated carbocycles. The maximum Gasteiger partial charge on any atom is 0.192 e. The highest BCUT2D eigenvalue weighted by molar-refractivity contribution is 6.74. The predicted molar refractivity (Wildman–Crippen MR) is 164 cm³/mol. The molecule has 2 rings (SSSR count). The Balaban J connectivity index is 2.39. The van der Waals surface area contributed by atoms with Crippen LogP contribution in [0.1, 0.15) is 110 Å². The van der Waals surface area contributed by atoms with Crippen LogP contribution in [-0.4, -0.2) is 28.5 Å². The monoisotopic (exact) mass is 544 g/mol. The zero-order valence-electron chi connectivity index (χ0n) is 25.9. The molecule has 37 heavy (non-hydrogen) atoms. The molecule has 1 aromatic carbocycles. The van der Waals surface area contributed by atoms with Gasteiger partial charge in [0.1, 0.15) is 5.78 Å². The molecule has 5 heteroatoms. The van der Waals surface area contributed by atoms with Gasteiger partial charge in [-0.2, -0.15) is 0 Å². The SMILES string of the molecule is C=CC[C@H]1C(=O)C[C@@H](O[Si](C)(C)C(C)(C)C)C1c1ccc(C(CCCCC)O[Si](C)(C)C(C)(C)C)cc1. The molecular weight excluding hydrogens is 489 g/mol. The van der Waals surface area contributed by atoms with Gasteiger partial charge in [-0.1, -0.05) is 98.1 Å². The van der Waals surface area contributed by atoms with E-state index >= 15 is 0 Å². The van der Waals surface area contributed by atoms with Crippen molar-refractivity contribution in [3.8, 4) is 0 Å². The summed E-state index contributed by atoms with van der Waals surface area (Å²) in [7, 11) is -3.92. The lowest BCUT2D eigenvalue weighted by Gasteiger charge is -2.40. The summed E-state index contributed by atoms with van der Waals surface area (Å²) < 4.78 is 13.8. The van der Waals surface area contributed by atoms with Gasteiger partial charge in [0.2, 0.25) is 0 Å². The van der Waals surface area contributed by atoms with Crippen molar-refractivity contribution < 1.29 is 13.6 Å². The number of hydrogen-bond donors (Lipinski definition) is 0. The first-order valence-electron chi connectivity index (χ1n) is 14.5. The van der Waals surface area contributed by atoms with Gasteiger partial charge >= 0.3 is 0 Å². The molecule has 210 valence electrons. The summed E-state index contributed by atoms with van der Waals surface area (Å²) in [5.74, 6) is 0.340. The Hall–Kier alpha value is -1.02. The lowest BCUT2D eigenvalue weighted by Crippen LogP contribution is -2.44. The van der Waals surface area contributed by atoms with Crippen LogP contribution in [0, 0.1) is 5.92 Å². The van der Waals surface area contributed by atoms with Crippen molar-refractivity contribution >= 4 is 22.4 Å². The molecule has 1 aliphatic rings. The molecule has 3 nitrogen and oxygen atoms in total. The third kappa shape index (κ3) is 8.00. The fourth-order valence-electron chi connectivity index (χ4n) is 4.85. The highest BCUT2D eigenvalue weighted by atomic mass is 28.4. The molecule has 4 atom stereocenters. The van der Waals surface area contributed by atoms with Crippen molar-refractivity contribution in [3.05, 3.63) is 48.0 Å². The van der Waals surface area contributed by atoms with Gasteiger partial charge in [-0.15, -0.1) is 6.58 Å². The van der Waals surface area contributed by atoms with E-state index in [1.807, 2.05) is 6.08 Å². The summed E-state index contributed by atoms with van der Waals surface area (Å²) in [4.78, 5) is 13.1. The Morgan fingerprint density at radius 1 is 0.973 bits per heavy atom. The van der Waals surface area contributed by atoms with E-state index in [2.05, 4.69) is 105 Å². The van der Waals surface area contributed by atoms with Gasteiger partial charge in [0.15, 0.2) is 16.6 Å². The van der Waals surface area contributed by atoms with Crippen LogP contribution in [0.5, 0.6) is 0 Å². The van der Waals surface area contributed by atoms with E-state index in [1.54, 1.807) is 0 Å². The summed E-state index contributed by atoms with van der Waals surface area (Å²) in [5, 5.41) is 0.278. The quantitative estimate of drug-likeness (QED) is 0.149. The van der Waals surface area contributed by atoms with Crippen molar-refractivity contribution in [1.29, 1.82) is 0 Å². The minimum atomic E-state index is -2.01. The van der Waals surface area contributed by atoms with Gasteiger partial charge in [-0.05, 0) is 60.2 Å². The van der Waals surface area contributed by atoms with Crippen LogP contribution in [0.3, 0.4) is 0 Å². The van der Waals surface area contributed by atoms with Gasteiger partial charge in [-0.3, -0.25) is 4.79 Å². The van der Waals surface area contributed by atoms with Gasteiger partial charge in [0, 0.05) is 18.3 Å². The van der Waals surface area contributed by atoms with E-state index in [0.29, 0.717) is 18.6 Å². The maximum atomic E-state index is 13.1. The normalized spacial score (nSPS) is 22.4. The summed E-state index contributed by atoms with van der Waals surface area (Å²) in [6.07, 6.45) is 7.84. The Morgan fingerprint density at radius 2 is 1.54 bits per heavy atom. The number of Topliss-reactive ketones (excluding diaryl/α,β-unsaturated/α-hetero) is 1. The number of carbonyl (C=O) groups is 1. The fraction of sp³-hybridized carbons (Fsp3) is 0.719. The lowest BCUT2D eigenvalue weighted by atomic mass is 9.84. The molecule has 0 amide bonds. The predicted octanol–water partition coefficient (Wildman–Crippen LogP) is 9.97. The second-order valence-electron chi connectivity index (χ2n) is 14.3. The molecular formula is C32H56O3Si2. The van der Waals surface area contributed by atoms with Crippen molar-refractivity contribution in [3.63, 3.8) is 0 Å². The van der Waals surface area contributed by atoms with E-state index in [1.165, 1.54) is 30.4 Å². The molecule has 2 unspecified atom stereocenters. The molecule has 0 spiro atoms. The highest BCUT2D eigenvalue weighted by Crippen LogP contribution is 2.47. The maximum absolute atomic E-state index is 13.1. The topological polar surface area (TPSA) is 35.5 Å². The number of benzene rings is 1. The second-order valence-corrected chi connectivity index (χ2v) is 23.8. The molecule has 1 aromatic rings. The zero-order chi connectivity index (χ0) is 28.2. The van der Waals surface area contributed by atoms with Crippen molar-refractivity contribution in [2.75, 3.05) is 0 Å². The Kier molecular flexibility index (Phi) is 10.8. The summed E-state index contributed by atoms with van der Waals surface area (Å²) >= 11 is 0. The number of unbranched alkanes of at least 4 members (excludes halogenated alkanes) is 2. The van der Waals surface area contributed by atoms with Crippen LogP contribution in [0.4, 0.5) is 0 Å². The molecule has 0 heterocycles. The Labute approximate surface area is 231 Å². The molecule has 0 aliphatic heterocycles. The smallest absolute Gasteiger partial charge is 0.192 e. The van der Waals surface area contributed by atoms with E-state index < -0.39 is 16.6 Å². The average Bonchev–Trinajstić information content (AvgIpc) is 3.06. The average molecular weight is 545 g/mol. The summed E-state index contributed by atoms with van der Waals surface area (Å²) in [6, 6.07) is 9.02. The number of allylic oxidation sites excluding steroid dienone is 1. The standard InChI is InChI=1S/C32H56O3Si2/c1-13-15-16-18-28(34-36(9,10)31(3,4)5)24-19-21-25(22-20-24)30-26(17-14-2)27(33)23-29(30)35-37(11,12)32(6,7)8/h14,19-22,26,28-30H,2,13,15-18,23H2,1,3-12H3/t26-,28?,29+,30?/m0/s1. The summed E-state index contributed by atoms with van der Waals surface area (Å²) in [6.45, 7) is 29.2. The van der Waals surface area contributed by atoms with Crippen LogP contribution in [0.25, 0.3) is 0 Å². The van der Waals surface area contributed by atoms with Gasteiger partial charge < -0.3 is 8.85 Å². The zero-order valence-corrected chi connectivity index (χ0v) is 27.9. The van der Waals surface area contributed by atoms with Gasteiger partial charge in [0.25, 0.3) is 0 Å². The molecule has 1 fully saturated rings. The Morgan fingerprint density at radius 3 is 2.03 bits per heavy atom. The molecule has 0 saturated heterocycles. The first kappa shape index (κ1) is 32.2. The van der Waals surface area contributed by atoms with E-state index in [9.17, 15) is 4.79 Å². The highest BCUT2D eigenvalue weighted by Gasteiger charge is 2.48. The minimum absolute atomic E-state index is 0.0537. The van der Waals surface area contributed by atoms with Crippen LogP contribution in [-0.2, 0) is 13.6 Å². The molecule has 0 aromatic heterocycles. The third-order valence-electron chi connectivity index (χ3n) is 9.33. The van der Waals surface area contributed by atoms with Crippen molar-refractivity contribution in [2.45, 2.75) is 141 Å². The van der Waals surface area contributed by atoms with Crippen LogP contribution < -0.4 is 0 Å². The van der Waals surface area contributed by atoms with E-state index in [-0.39, 0.29) is 34.1 Å². The molecule has 0 radical (unpaired) electrons. The van der Waals surface area contributed by atoms with Crippen molar-refractivity contribution in [2.24, 2.45) is 5.92 Å². The fourth-order valence-corrected chi connectivity index (χ4v) is 7.51. The molecule has 1 aliphatic carbocycles. The largest absolute Gasteiger partial charge is 0.413 e. The van der Waals surface area contributed by atoms with Crippen LogP contribution in [0.2, 0.25) is 36.3 Å². The first-order valence-corrected chi connectivity index (χ1v) is 20.4. The van der Waals surface area contributed by atoms with Gasteiger partial charge in [-0.25, -0.2) is 0 Å². The van der Waals surface area contributed by atoms with E-state index in [0.717, 1.165) is 6.42 Å². The lowest BCUT2D eigenvalue weighted by molar-refractivity contribution is -0.121. The van der Waals surface area contributed by atoms with E-state index in [4.69, 9.17) is 8.85 Å². The minimum Gasteiger partial charge on any atom is -0.413 e. The van der Waals surface area contributed by atoms with Crippen LogP contribution in [0.15, 0.2) is 36.9 Å². The number of hydrogen-bond acceptors (Lipinski definition) is 3. The second kappa shape index (κ2) is 12.4. The number of carbonyl (C=O) groups excluding carboxylic acids is 1. The van der Waals surface area contributed by atoms with Crippen molar-refractivity contribution in [1.82, 2.24) is 0 Å². The number of ketones is 1. The van der Waals surface area contributed by atoms with Crippen LogP contribution >= 0.6 is 0 Å². The molecule has 0 N–H and O–H groups in total.